The maximum absolute atomic E-state index is 10.1. The summed E-state index contributed by atoms with van der Waals surface area (Å²) in [5.41, 5.74) is 2.44. The van der Waals surface area contributed by atoms with Gasteiger partial charge in [0.25, 0.3) is 0 Å². The van der Waals surface area contributed by atoms with Crippen molar-refractivity contribution in [2.75, 3.05) is 6.73 Å². The molecule has 1 aliphatic heterocycles. The van der Waals surface area contributed by atoms with Crippen molar-refractivity contribution < 1.29 is 9.53 Å². The zero-order chi connectivity index (χ0) is 5.11. The van der Waals surface area contributed by atoms with E-state index in [1.54, 1.807) is 0 Å². The number of hydrazone groups is 1. The molecule has 0 aliphatic carbocycles. The summed E-state index contributed by atoms with van der Waals surface area (Å²) in [6.07, 6.45) is 1.09. The van der Waals surface area contributed by atoms with Crippen molar-refractivity contribution in [2.24, 2.45) is 5.10 Å². The number of nitrogens with one attached hydrogen (secondary N) is 1. The van der Waals surface area contributed by atoms with Crippen LogP contribution in [0.15, 0.2) is 5.10 Å². The number of hydrogen-bond donors (Lipinski definition) is 1. The Bertz CT molecular complexity index is 110. The molecule has 4 nitrogen and oxygen atoms in total. The topological polar surface area (TPSA) is 50.7 Å². The van der Waals surface area contributed by atoms with Gasteiger partial charge in [0.15, 0.2) is 6.73 Å². The number of nitrogens with zero attached hydrogens (tertiary/aromatic N) is 1. The first-order valence-corrected chi connectivity index (χ1v) is 1.82. The summed E-state index contributed by atoms with van der Waals surface area (Å²) in [5, 5.41) is 3.41. The van der Waals surface area contributed by atoms with Gasteiger partial charge < -0.3 is 4.74 Å². The number of hydrogen-bond acceptors (Lipinski definition) is 4. The summed E-state index contributed by atoms with van der Waals surface area (Å²) < 4.78 is 4.38. The first-order chi connectivity index (χ1) is 3.39. The third-order valence-electron chi connectivity index (χ3n) is 0.540. The Hall–Kier alpha value is -1.06. The lowest BCUT2D eigenvalue weighted by Crippen LogP contribution is -2.22. The molecule has 1 rings (SSSR count). The van der Waals surface area contributed by atoms with Gasteiger partial charge in [-0.1, -0.05) is 0 Å². The van der Waals surface area contributed by atoms with Crippen molar-refractivity contribution in [3.8, 4) is 0 Å². The summed E-state index contributed by atoms with van der Waals surface area (Å²) in [6, 6.07) is 0. The molecule has 0 amide bonds. The molecule has 0 aromatic carbocycles. The minimum Gasteiger partial charge on any atom is -0.439 e. The van der Waals surface area contributed by atoms with Gasteiger partial charge in [0.1, 0.15) is 6.21 Å². The lowest BCUT2D eigenvalue weighted by Gasteiger charge is -2.03. The zero-order valence-corrected chi connectivity index (χ0v) is 3.55. The van der Waals surface area contributed by atoms with Crippen LogP contribution in [0.4, 0.5) is 0 Å². The molecule has 0 aromatic rings. The Kier molecular flexibility index (Phi) is 0.934. The van der Waals surface area contributed by atoms with Crippen molar-refractivity contribution in [1.82, 2.24) is 5.43 Å². The molecule has 1 N–H and O–H groups in total. The summed E-state index contributed by atoms with van der Waals surface area (Å²) in [4.78, 5) is 10.1. The monoisotopic (exact) mass is 100 g/mol. The van der Waals surface area contributed by atoms with Crippen molar-refractivity contribution >= 4 is 12.2 Å². The lowest BCUT2D eigenvalue weighted by atomic mass is 10.7. The van der Waals surface area contributed by atoms with E-state index in [9.17, 15) is 4.79 Å². The normalized spacial score (nSPS) is 18.0. The molecule has 1 aliphatic rings. The predicted octanol–water partition coefficient (Wildman–Crippen LogP) is -0.924. The van der Waals surface area contributed by atoms with Gasteiger partial charge in [0.05, 0.1) is 0 Å². The molecule has 1 heterocycles. The summed E-state index contributed by atoms with van der Waals surface area (Å²) in [6.45, 7) is 0.190. The fourth-order valence-corrected chi connectivity index (χ4v) is 0.276. The van der Waals surface area contributed by atoms with Crippen LogP contribution in [0.5, 0.6) is 0 Å². The van der Waals surface area contributed by atoms with Gasteiger partial charge in [-0.25, -0.2) is 4.79 Å². The standard InChI is InChI=1S/C3H4N2O2/c6-3-1-4-5-2-7-3/h1,5H,2H2. The Morgan fingerprint density at radius 3 is 3.14 bits per heavy atom. The largest absolute Gasteiger partial charge is 0.439 e. The average Bonchev–Trinajstić information content (AvgIpc) is 1.69. The second kappa shape index (κ2) is 1.59. The molecule has 4 heteroatoms. The van der Waals surface area contributed by atoms with Gasteiger partial charge >= 0.3 is 5.97 Å². The van der Waals surface area contributed by atoms with Gasteiger partial charge in [-0.2, -0.15) is 5.10 Å². The maximum atomic E-state index is 10.1. The second-order valence-electron chi connectivity index (χ2n) is 1.02. The quantitative estimate of drug-likeness (QED) is 0.400. The first kappa shape index (κ1) is 4.11. The van der Waals surface area contributed by atoms with Crippen LogP contribution in [0.1, 0.15) is 0 Å². The summed E-state index contributed by atoms with van der Waals surface area (Å²) >= 11 is 0. The second-order valence-corrected chi connectivity index (χ2v) is 1.02. The van der Waals surface area contributed by atoms with E-state index in [-0.39, 0.29) is 6.73 Å². The Morgan fingerprint density at radius 2 is 2.86 bits per heavy atom. The van der Waals surface area contributed by atoms with E-state index in [1.165, 1.54) is 0 Å². The smallest absolute Gasteiger partial charge is 0.352 e. The van der Waals surface area contributed by atoms with Crippen LogP contribution in [-0.2, 0) is 9.53 Å². The van der Waals surface area contributed by atoms with Crippen LogP contribution in [0.2, 0.25) is 0 Å². The van der Waals surface area contributed by atoms with E-state index in [0.717, 1.165) is 6.21 Å². The molecule has 7 heavy (non-hydrogen) atoms. The van der Waals surface area contributed by atoms with Crippen molar-refractivity contribution in [3.05, 3.63) is 0 Å². The molecule has 0 atom stereocenters. The molecular formula is C3H4N2O2. The number of esters is 1. The molecule has 0 unspecified atom stereocenters. The zero-order valence-electron chi connectivity index (χ0n) is 3.55. The number of cyclic esters (lactones) is 1. The Labute approximate surface area is 40.2 Å². The van der Waals surface area contributed by atoms with Crippen molar-refractivity contribution in [2.45, 2.75) is 0 Å². The lowest BCUT2D eigenvalue weighted by molar-refractivity contribution is -0.136. The fraction of sp³-hybridized carbons (Fsp3) is 0.333. The SMILES string of the molecule is O=C1C=NNCO1. The molecule has 38 valence electrons. The van der Waals surface area contributed by atoms with E-state index < -0.39 is 5.97 Å². The van der Waals surface area contributed by atoms with Crippen LogP contribution >= 0.6 is 0 Å². The minimum absolute atomic E-state index is 0.190. The number of carbonyl (C=O) groups excluding carboxylic acids is 1. The average molecular weight is 100 g/mol. The highest BCUT2D eigenvalue weighted by Gasteiger charge is 1.98. The molecule has 0 saturated heterocycles. The first-order valence-electron chi connectivity index (χ1n) is 1.82. The van der Waals surface area contributed by atoms with E-state index in [1.807, 2.05) is 0 Å². The molecule has 0 bridgehead atoms. The highest BCUT2D eigenvalue weighted by Crippen LogP contribution is 1.76. The van der Waals surface area contributed by atoms with E-state index in [4.69, 9.17) is 0 Å². The summed E-state index contributed by atoms with van der Waals surface area (Å²) in [7, 11) is 0. The minimum atomic E-state index is -0.390. The maximum Gasteiger partial charge on any atom is 0.352 e. The van der Waals surface area contributed by atoms with E-state index in [2.05, 4.69) is 15.3 Å². The van der Waals surface area contributed by atoms with E-state index >= 15 is 0 Å². The fourth-order valence-electron chi connectivity index (χ4n) is 0.276. The third kappa shape index (κ3) is 0.887. The van der Waals surface area contributed by atoms with Gasteiger partial charge in [0.2, 0.25) is 0 Å². The van der Waals surface area contributed by atoms with Crippen LogP contribution in [0, 0.1) is 0 Å². The molecular weight excluding hydrogens is 96.0 g/mol. The van der Waals surface area contributed by atoms with Crippen LogP contribution < -0.4 is 5.43 Å². The predicted molar refractivity (Wildman–Crippen MR) is 22.6 cm³/mol. The molecule has 0 saturated carbocycles. The summed E-state index contributed by atoms with van der Waals surface area (Å²) in [5.74, 6) is -0.390. The number of rotatable bonds is 0. The van der Waals surface area contributed by atoms with Gasteiger partial charge in [0, 0.05) is 0 Å². The van der Waals surface area contributed by atoms with E-state index in [0.29, 0.717) is 0 Å². The molecule has 0 aromatic heterocycles. The number of ether oxygens (including phenoxy) is 1. The highest BCUT2D eigenvalue weighted by molar-refractivity contribution is 6.23. The number of carbonyl (C=O) groups is 1. The van der Waals surface area contributed by atoms with Gasteiger partial charge in [-0.05, 0) is 0 Å². The van der Waals surface area contributed by atoms with Crippen LogP contribution in [-0.4, -0.2) is 18.9 Å². The van der Waals surface area contributed by atoms with Crippen LogP contribution in [0.25, 0.3) is 0 Å². The molecule has 0 radical (unpaired) electrons. The molecule has 0 fully saturated rings. The van der Waals surface area contributed by atoms with Crippen molar-refractivity contribution in [1.29, 1.82) is 0 Å². The van der Waals surface area contributed by atoms with Gasteiger partial charge in [-0.3, -0.25) is 5.43 Å². The van der Waals surface area contributed by atoms with Crippen molar-refractivity contribution in [3.63, 3.8) is 0 Å². The Morgan fingerprint density at radius 1 is 2.00 bits per heavy atom. The molecule has 0 spiro atoms. The van der Waals surface area contributed by atoms with Crippen LogP contribution in [0.3, 0.4) is 0 Å². The Balaban J connectivity index is 2.51. The van der Waals surface area contributed by atoms with Gasteiger partial charge in [-0.15, -0.1) is 0 Å². The third-order valence-corrected chi connectivity index (χ3v) is 0.540. The highest BCUT2D eigenvalue weighted by atomic mass is 16.5.